The summed E-state index contributed by atoms with van der Waals surface area (Å²) in [4.78, 5) is 4.79. The van der Waals surface area contributed by atoms with Gasteiger partial charge in [-0.05, 0) is 32.9 Å². The van der Waals surface area contributed by atoms with Crippen molar-refractivity contribution in [2.75, 3.05) is 36.8 Å². The highest BCUT2D eigenvalue weighted by atomic mass is 35.5. The van der Waals surface area contributed by atoms with Gasteiger partial charge in [0, 0.05) is 31.7 Å². The third-order valence-electron chi connectivity index (χ3n) is 3.56. The maximum absolute atomic E-state index is 6.25. The van der Waals surface area contributed by atoms with E-state index in [1.807, 2.05) is 18.2 Å². The number of piperazine rings is 1. The molecule has 0 unspecified atom stereocenters. The van der Waals surface area contributed by atoms with Crippen LogP contribution < -0.4 is 10.6 Å². The minimum absolute atomic E-state index is 0.234. The zero-order chi connectivity index (χ0) is 13.3. The molecular formula is C14H22ClN3. The van der Waals surface area contributed by atoms with Crippen LogP contribution >= 0.6 is 11.6 Å². The van der Waals surface area contributed by atoms with Crippen molar-refractivity contribution in [1.29, 1.82) is 0 Å². The van der Waals surface area contributed by atoms with Crippen LogP contribution in [0.5, 0.6) is 0 Å². The number of para-hydroxylation sites is 1. The molecule has 18 heavy (non-hydrogen) atoms. The number of nitrogens with zero attached hydrogens (tertiary/aromatic N) is 2. The summed E-state index contributed by atoms with van der Waals surface area (Å²) in [7, 11) is 0. The molecule has 2 rings (SSSR count). The molecule has 0 bridgehead atoms. The molecule has 1 heterocycles. The van der Waals surface area contributed by atoms with Crippen molar-refractivity contribution in [2.24, 2.45) is 0 Å². The van der Waals surface area contributed by atoms with Gasteiger partial charge in [-0.3, -0.25) is 4.90 Å². The van der Waals surface area contributed by atoms with Gasteiger partial charge < -0.3 is 10.6 Å². The van der Waals surface area contributed by atoms with Crippen LogP contribution in [0, 0.1) is 0 Å². The second kappa shape index (κ2) is 4.98. The molecule has 1 aliphatic rings. The number of nitrogen functional groups attached to an aromatic ring is 1. The molecule has 0 aliphatic carbocycles. The molecule has 1 aromatic rings. The van der Waals surface area contributed by atoms with E-state index in [4.69, 9.17) is 17.3 Å². The molecule has 1 aliphatic heterocycles. The molecule has 1 saturated heterocycles. The van der Waals surface area contributed by atoms with Gasteiger partial charge in [-0.2, -0.15) is 0 Å². The topological polar surface area (TPSA) is 32.5 Å². The SMILES string of the molecule is CC(C)(C)N1CCN(c2c(N)cccc2Cl)CC1. The van der Waals surface area contributed by atoms with Crippen LogP contribution in [0.1, 0.15) is 20.8 Å². The van der Waals surface area contributed by atoms with Gasteiger partial charge in [-0.25, -0.2) is 0 Å². The Hall–Kier alpha value is -0.930. The minimum atomic E-state index is 0.234. The Balaban J connectivity index is 2.11. The van der Waals surface area contributed by atoms with Gasteiger partial charge in [0.15, 0.2) is 0 Å². The zero-order valence-electron chi connectivity index (χ0n) is 11.4. The lowest BCUT2D eigenvalue weighted by Gasteiger charge is -2.43. The Morgan fingerprint density at radius 1 is 1.11 bits per heavy atom. The predicted molar refractivity (Wildman–Crippen MR) is 79.4 cm³/mol. The van der Waals surface area contributed by atoms with Gasteiger partial charge in [0.05, 0.1) is 16.4 Å². The third-order valence-corrected chi connectivity index (χ3v) is 3.87. The number of hydrogen-bond donors (Lipinski definition) is 1. The van der Waals surface area contributed by atoms with Crippen molar-refractivity contribution in [2.45, 2.75) is 26.3 Å². The summed E-state index contributed by atoms with van der Waals surface area (Å²) in [6.45, 7) is 10.8. The van der Waals surface area contributed by atoms with Crippen LogP contribution in [-0.2, 0) is 0 Å². The van der Waals surface area contributed by atoms with Crippen molar-refractivity contribution in [3.63, 3.8) is 0 Å². The largest absolute Gasteiger partial charge is 0.397 e. The van der Waals surface area contributed by atoms with E-state index < -0.39 is 0 Å². The van der Waals surface area contributed by atoms with E-state index >= 15 is 0 Å². The Bertz CT molecular complexity index is 397. The predicted octanol–water partition coefficient (Wildman–Crippen LogP) is 2.84. The fraction of sp³-hybridized carbons (Fsp3) is 0.571. The number of hydrogen-bond acceptors (Lipinski definition) is 3. The fourth-order valence-corrected chi connectivity index (χ4v) is 2.77. The monoisotopic (exact) mass is 267 g/mol. The fourth-order valence-electron chi connectivity index (χ4n) is 2.47. The molecule has 1 aromatic carbocycles. The molecule has 2 N–H and O–H groups in total. The van der Waals surface area contributed by atoms with Crippen LogP contribution in [0.4, 0.5) is 11.4 Å². The summed E-state index contributed by atoms with van der Waals surface area (Å²) in [6, 6.07) is 5.72. The van der Waals surface area contributed by atoms with Gasteiger partial charge in [-0.15, -0.1) is 0 Å². The highest BCUT2D eigenvalue weighted by Crippen LogP contribution is 2.33. The molecule has 0 radical (unpaired) electrons. The normalized spacial score (nSPS) is 18.1. The summed E-state index contributed by atoms with van der Waals surface area (Å²) in [5.41, 5.74) is 8.03. The minimum Gasteiger partial charge on any atom is -0.397 e. The maximum atomic E-state index is 6.25. The quantitative estimate of drug-likeness (QED) is 0.795. The first-order chi connectivity index (χ1) is 8.39. The summed E-state index contributed by atoms with van der Waals surface area (Å²) >= 11 is 6.25. The Morgan fingerprint density at radius 3 is 2.22 bits per heavy atom. The van der Waals surface area contributed by atoms with Gasteiger partial charge in [0.25, 0.3) is 0 Å². The maximum Gasteiger partial charge on any atom is 0.0790 e. The van der Waals surface area contributed by atoms with E-state index in [0.717, 1.165) is 42.6 Å². The van der Waals surface area contributed by atoms with Crippen molar-refractivity contribution < 1.29 is 0 Å². The van der Waals surface area contributed by atoms with E-state index in [-0.39, 0.29) is 5.54 Å². The Kier molecular flexibility index (Phi) is 3.74. The number of benzene rings is 1. The summed E-state index contributed by atoms with van der Waals surface area (Å²) < 4.78 is 0. The van der Waals surface area contributed by atoms with Gasteiger partial charge in [0.1, 0.15) is 0 Å². The first kappa shape index (κ1) is 13.5. The first-order valence-corrected chi connectivity index (χ1v) is 6.81. The summed E-state index contributed by atoms with van der Waals surface area (Å²) in [5.74, 6) is 0. The molecule has 3 nitrogen and oxygen atoms in total. The average molecular weight is 268 g/mol. The second-order valence-corrected chi connectivity index (χ2v) is 6.23. The van der Waals surface area contributed by atoms with E-state index in [1.54, 1.807) is 0 Å². The zero-order valence-corrected chi connectivity index (χ0v) is 12.2. The molecule has 0 spiro atoms. The highest BCUT2D eigenvalue weighted by molar-refractivity contribution is 6.34. The summed E-state index contributed by atoms with van der Waals surface area (Å²) in [6.07, 6.45) is 0. The molecule has 0 aromatic heterocycles. The summed E-state index contributed by atoms with van der Waals surface area (Å²) in [5, 5.41) is 0.749. The number of nitrogens with two attached hydrogens (primary N) is 1. The molecule has 0 amide bonds. The lowest BCUT2D eigenvalue weighted by Crippen LogP contribution is -2.53. The number of rotatable bonds is 1. The first-order valence-electron chi connectivity index (χ1n) is 6.43. The van der Waals surface area contributed by atoms with Crippen LogP contribution in [0.25, 0.3) is 0 Å². The highest BCUT2D eigenvalue weighted by Gasteiger charge is 2.27. The molecule has 4 heteroatoms. The molecular weight excluding hydrogens is 246 g/mol. The Morgan fingerprint density at radius 2 is 1.72 bits per heavy atom. The van der Waals surface area contributed by atoms with E-state index in [2.05, 4.69) is 30.6 Å². The number of anilines is 2. The van der Waals surface area contributed by atoms with Gasteiger partial charge in [-0.1, -0.05) is 17.7 Å². The van der Waals surface area contributed by atoms with Crippen molar-refractivity contribution in [1.82, 2.24) is 4.90 Å². The van der Waals surface area contributed by atoms with Crippen molar-refractivity contribution in [3.8, 4) is 0 Å². The molecule has 0 atom stereocenters. The van der Waals surface area contributed by atoms with Gasteiger partial charge >= 0.3 is 0 Å². The van der Waals surface area contributed by atoms with Gasteiger partial charge in [0.2, 0.25) is 0 Å². The van der Waals surface area contributed by atoms with E-state index in [0.29, 0.717) is 0 Å². The molecule has 1 fully saturated rings. The van der Waals surface area contributed by atoms with Crippen molar-refractivity contribution >= 4 is 23.0 Å². The molecule has 100 valence electrons. The number of halogens is 1. The third kappa shape index (κ3) is 2.73. The van der Waals surface area contributed by atoms with Crippen LogP contribution in [0.2, 0.25) is 5.02 Å². The molecule has 0 saturated carbocycles. The standard InChI is InChI=1S/C14H22ClN3/c1-14(2,3)18-9-7-17(8-10-18)13-11(15)5-4-6-12(13)16/h4-6H,7-10,16H2,1-3H3. The lowest BCUT2D eigenvalue weighted by molar-refractivity contribution is 0.128. The smallest absolute Gasteiger partial charge is 0.0790 e. The van der Waals surface area contributed by atoms with Crippen LogP contribution in [0.3, 0.4) is 0 Å². The average Bonchev–Trinajstić information content (AvgIpc) is 2.28. The van der Waals surface area contributed by atoms with E-state index in [9.17, 15) is 0 Å². The Labute approximate surface area is 115 Å². The van der Waals surface area contributed by atoms with E-state index in [1.165, 1.54) is 0 Å². The van der Waals surface area contributed by atoms with Crippen LogP contribution in [0.15, 0.2) is 18.2 Å². The second-order valence-electron chi connectivity index (χ2n) is 5.82. The van der Waals surface area contributed by atoms with Crippen LogP contribution in [-0.4, -0.2) is 36.6 Å². The lowest BCUT2D eigenvalue weighted by atomic mass is 10.0. The van der Waals surface area contributed by atoms with Crippen molar-refractivity contribution in [3.05, 3.63) is 23.2 Å².